The molecule has 0 bridgehead atoms. The lowest BCUT2D eigenvalue weighted by atomic mass is 9.94. The van der Waals surface area contributed by atoms with Gasteiger partial charge in [-0.25, -0.2) is 0 Å². The third kappa shape index (κ3) is 13.4. The lowest BCUT2D eigenvalue weighted by Gasteiger charge is -2.24. The maximum absolute atomic E-state index is 13.5. The normalized spacial score (nSPS) is 12.9. The maximum Gasteiger partial charge on any atom is 0.309 e. The summed E-state index contributed by atoms with van der Waals surface area (Å²) in [7, 11) is 0. The lowest BCUT2D eigenvalue weighted by molar-refractivity contribution is -0.155. The second-order valence-corrected chi connectivity index (χ2v) is 9.80. The van der Waals surface area contributed by atoms with Crippen LogP contribution in [0, 0.1) is 11.8 Å². The highest BCUT2D eigenvalue weighted by Crippen LogP contribution is 2.23. The highest BCUT2D eigenvalue weighted by atomic mass is 16.5. The van der Waals surface area contributed by atoms with Gasteiger partial charge in [0, 0.05) is 13.0 Å². The van der Waals surface area contributed by atoms with Crippen molar-refractivity contribution in [3.05, 3.63) is 97.1 Å². The second-order valence-electron chi connectivity index (χ2n) is 9.80. The van der Waals surface area contributed by atoms with E-state index in [1.165, 1.54) is 0 Å². The molecule has 8 heteroatoms. The number of rotatable bonds is 21. The average molecular weight is 565 g/mol. The standard InChI is InChI=1S/C33H44N2O6/c1-3-5-8-18-29(23-26-14-9-6-10-15-26)33(39)41-30(27-16-11-7-12-17-27)25-35-32(38)28(13-4-2)24-31(37)34-19-21-40-22-20-36/h3-4,6-7,9-12,14-17,28-30,36H,1-2,5,8,13,18-25H2,(H,34,37)(H,35,38)/t28-,29-,30-/m1/s1. The molecular formula is C33H44N2O6. The molecule has 2 rings (SSSR count). The molecular weight excluding hydrogens is 520 g/mol. The summed E-state index contributed by atoms with van der Waals surface area (Å²) < 4.78 is 11.2. The number of esters is 1. The fourth-order valence-corrected chi connectivity index (χ4v) is 4.39. The van der Waals surface area contributed by atoms with Crippen LogP contribution in [0.25, 0.3) is 0 Å². The van der Waals surface area contributed by atoms with Gasteiger partial charge in [-0.05, 0) is 43.2 Å². The number of aliphatic hydroxyl groups is 1. The van der Waals surface area contributed by atoms with Crippen LogP contribution in [-0.2, 0) is 30.3 Å². The molecule has 0 saturated heterocycles. The van der Waals surface area contributed by atoms with Gasteiger partial charge in [0.1, 0.15) is 6.10 Å². The number of allylic oxidation sites excluding steroid dienone is 2. The lowest BCUT2D eigenvalue weighted by Crippen LogP contribution is -2.38. The van der Waals surface area contributed by atoms with Crippen molar-refractivity contribution in [2.75, 3.05) is 32.9 Å². The van der Waals surface area contributed by atoms with E-state index in [1.54, 1.807) is 6.08 Å². The molecule has 0 spiro atoms. The first-order valence-corrected chi connectivity index (χ1v) is 14.2. The summed E-state index contributed by atoms with van der Waals surface area (Å²) in [5, 5.41) is 14.4. The Labute approximate surface area is 243 Å². The number of ether oxygens (including phenoxy) is 2. The first-order valence-electron chi connectivity index (χ1n) is 14.2. The fraction of sp³-hybridized carbons (Fsp3) is 0.424. The Morgan fingerprint density at radius 3 is 2.27 bits per heavy atom. The highest BCUT2D eigenvalue weighted by Gasteiger charge is 2.27. The zero-order chi connectivity index (χ0) is 29.7. The van der Waals surface area contributed by atoms with Crippen LogP contribution in [0.4, 0.5) is 0 Å². The molecule has 0 aliphatic carbocycles. The average Bonchev–Trinajstić information content (AvgIpc) is 2.99. The summed E-state index contributed by atoms with van der Waals surface area (Å²) in [4.78, 5) is 39.0. The van der Waals surface area contributed by atoms with E-state index >= 15 is 0 Å². The van der Waals surface area contributed by atoms with Gasteiger partial charge < -0.3 is 25.2 Å². The van der Waals surface area contributed by atoms with Crippen molar-refractivity contribution in [1.29, 1.82) is 0 Å². The number of unbranched alkanes of at least 4 members (excludes halogenated alkanes) is 1. The molecule has 8 nitrogen and oxygen atoms in total. The van der Waals surface area contributed by atoms with Crippen LogP contribution < -0.4 is 10.6 Å². The molecule has 0 saturated carbocycles. The Hall–Kier alpha value is -3.75. The number of hydrogen-bond donors (Lipinski definition) is 3. The number of amides is 2. The highest BCUT2D eigenvalue weighted by molar-refractivity contribution is 5.86. The first kappa shape index (κ1) is 33.5. The van der Waals surface area contributed by atoms with E-state index < -0.39 is 12.0 Å². The number of nitrogens with one attached hydrogen (secondary N) is 2. The molecule has 41 heavy (non-hydrogen) atoms. The van der Waals surface area contributed by atoms with Crippen molar-refractivity contribution < 1.29 is 29.0 Å². The molecule has 3 atom stereocenters. The Balaban J connectivity index is 2.06. The van der Waals surface area contributed by atoms with Crippen LogP contribution in [0.5, 0.6) is 0 Å². The van der Waals surface area contributed by atoms with Crippen molar-refractivity contribution >= 4 is 17.8 Å². The summed E-state index contributed by atoms with van der Waals surface area (Å²) in [6.07, 6.45) is 5.92. The predicted octanol–water partition coefficient (Wildman–Crippen LogP) is 4.31. The van der Waals surface area contributed by atoms with Crippen molar-refractivity contribution in [1.82, 2.24) is 10.6 Å². The van der Waals surface area contributed by atoms with E-state index in [1.807, 2.05) is 66.7 Å². The van der Waals surface area contributed by atoms with Gasteiger partial charge in [0.15, 0.2) is 0 Å². The number of hydrogen-bond acceptors (Lipinski definition) is 6. The molecule has 3 N–H and O–H groups in total. The third-order valence-corrected chi connectivity index (χ3v) is 6.57. The minimum absolute atomic E-state index is 0.0178. The zero-order valence-corrected chi connectivity index (χ0v) is 23.8. The van der Waals surface area contributed by atoms with Gasteiger partial charge >= 0.3 is 5.97 Å². The largest absolute Gasteiger partial charge is 0.455 e. The SMILES string of the molecule is C=CCCC[C@H](Cc1ccccc1)C(=O)O[C@H](CNC(=O)[C@H](CC=C)CC(=O)NCCOCCO)c1ccccc1. The van der Waals surface area contributed by atoms with Gasteiger partial charge in [0.25, 0.3) is 0 Å². The Morgan fingerprint density at radius 1 is 0.902 bits per heavy atom. The fourth-order valence-electron chi connectivity index (χ4n) is 4.39. The van der Waals surface area contributed by atoms with E-state index in [2.05, 4.69) is 23.8 Å². The maximum atomic E-state index is 13.5. The Kier molecular flexibility index (Phi) is 16.5. The van der Waals surface area contributed by atoms with Crippen molar-refractivity contribution in [3.8, 4) is 0 Å². The first-order chi connectivity index (χ1) is 20.0. The van der Waals surface area contributed by atoms with Crippen LogP contribution in [0.2, 0.25) is 0 Å². The summed E-state index contributed by atoms with van der Waals surface area (Å²) >= 11 is 0. The van der Waals surface area contributed by atoms with Gasteiger partial charge in [-0.2, -0.15) is 0 Å². The minimum atomic E-state index is -0.688. The summed E-state index contributed by atoms with van der Waals surface area (Å²) in [6.45, 7) is 8.25. The molecule has 222 valence electrons. The second kappa shape index (κ2) is 20.2. The number of benzene rings is 2. The molecule has 0 aliphatic rings. The van der Waals surface area contributed by atoms with E-state index in [-0.39, 0.29) is 63.0 Å². The van der Waals surface area contributed by atoms with E-state index in [0.29, 0.717) is 19.3 Å². The van der Waals surface area contributed by atoms with Crippen LogP contribution >= 0.6 is 0 Å². The number of aliphatic hydroxyl groups excluding tert-OH is 1. The van der Waals surface area contributed by atoms with Gasteiger partial charge in [-0.1, -0.05) is 72.8 Å². The smallest absolute Gasteiger partial charge is 0.309 e. The molecule has 0 radical (unpaired) electrons. The van der Waals surface area contributed by atoms with Crippen molar-refractivity contribution in [3.63, 3.8) is 0 Å². The van der Waals surface area contributed by atoms with Crippen molar-refractivity contribution in [2.24, 2.45) is 11.8 Å². The summed E-state index contributed by atoms with van der Waals surface area (Å²) in [5.41, 5.74) is 1.83. The summed E-state index contributed by atoms with van der Waals surface area (Å²) in [6, 6.07) is 19.2. The predicted molar refractivity (Wildman–Crippen MR) is 160 cm³/mol. The van der Waals surface area contributed by atoms with Crippen LogP contribution in [-0.4, -0.2) is 55.8 Å². The van der Waals surface area contributed by atoms with E-state index in [9.17, 15) is 14.4 Å². The third-order valence-electron chi connectivity index (χ3n) is 6.57. The van der Waals surface area contributed by atoms with E-state index in [0.717, 1.165) is 24.0 Å². The van der Waals surface area contributed by atoms with Gasteiger partial charge in [0.2, 0.25) is 11.8 Å². The molecule has 0 fully saturated rings. The molecule has 0 unspecified atom stereocenters. The van der Waals surface area contributed by atoms with E-state index in [4.69, 9.17) is 14.6 Å². The van der Waals surface area contributed by atoms with Crippen LogP contribution in [0.3, 0.4) is 0 Å². The quantitative estimate of drug-likeness (QED) is 0.118. The topological polar surface area (TPSA) is 114 Å². The number of carbonyl (C=O) groups is 3. The molecule has 0 aliphatic heterocycles. The Morgan fingerprint density at radius 2 is 1.61 bits per heavy atom. The summed E-state index contributed by atoms with van der Waals surface area (Å²) in [5.74, 6) is -1.87. The van der Waals surface area contributed by atoms with Crippen molar-refractivity contribution in [2.45, 2.75) is 44.6 Å². The molecule has 0 aromatic heterocycles. The van der Waals surface area contributed by atoms with Gasteiger partial charge in [-0.15, -0.1) is 13.2 Å². The molecule has 2 aromatic rings. The molecule has 0 heterocycles. The molecule has 2 amide bonds. The van der Waals surface area contributed by atoms with Crippen LogP contribution in [0.15, 0.2) is 86.0 Å². The van der Waals surface area contributed by atoms with Gasteiger partial charge in [0.05, 0.1) is 38.2 Å². The zero-order valence-electron chi connectivity index (χ0n) is 23.8. The minimum Gasteiger partial charge on any atom is -0.455 e. The Bertz CT molecular complexity index is 1060. The van der Waals surface area contributed by atoms with Crippen LogP contribution in [0.1, 0.15) is 49.3 Å². The van der Waals surface area contributed by atoms with Gasteiger partial charge in [-0.3, -0.25) is 14.4 Å². The monoisotopic (exact) mass is 564 g/mol. The molecule has 2 aromatic carbocycles. The number of carbonyl (C=O) groups excluding carboxylic acids is 3.